The molecule has 0 atom stereocenters. The van der Waals surface area contributed by atoms with Crippen LogP contribution in [0.1, 0.15) is 108 Å². The number of amides is 1. The van der Waals surface area contributed by atoms with Crippen LogP contribution in [-0.4, -0.2) is 29.7 Å². The van der Waals surface area contributed by atoms with Crippen LogP contribution in [0.25, 0.3) is 0 Å². The molecular formula is C25H41NO2. The van der Waals surface area contributed by atoms with E-state index < -0.39 is 0 Å². The van der Waals surface area contributed by atoms with Gasteiger partial charge in [-0.05, 0) is 36.8 Å². The Labute approximate surface area is 172 Å². The highest BCUT2D eigenvalue weighted by molar-refractivity contribution is 5.97. The Hall–Kier alpha value is -1.64. The minimum Gasteiger partial charge on any atom is -0.343 e. The zero-order valence-electron chi connectivity index (χ0n) is 18.8. The number of likely N-dealkylation sites (tertiary alicyclic amines) is 1. The lowest BCUT2D eigenvalue weighted by molar-refractivity contribution is -0.132. The summed E-state index contributed by atoms with van der Waals surface area (Å²) < 4.78 is 0. The lowest BCUT2D eigenvalue weighted by Gasteiger charge is -2.32. The van der Waals surface area contributed by atoms with Crippen molar-refractivity contribution in [3.8, 4) is 0 Å². The van der Waals surface area contributed by atoms with Crippen LogP contribution < -0.4 is 0 Å². The van der Waals surface area contributed by atoms with Crippen molar-refractivity contribution in [2.75, 3.05) is 13.1 Å². The van der Waals surface area contributed by atoms with Gasteiger partial charge in [-0.25, -0.2) is 0 Å². The highest BCUT2D eigenvalue weighted by Gasteiger charge is 2.24. The van der Waals surface area contributed by atoms with Crippen molar-refractivity contribution in [1.29, 1.82) is 0 Å². The summed E-state index contributed by atoms with van der Waals surface area (Å²) in [6, 6.07) is 8.12. The van der Waals surface area contributed by atoms with Crippen LogP contribution in [0.15, 0.2) is 24.3 Å². The number of Topliss-reactive ketones (excluding diaryl/α,β-unsaturated/α-hetero) is 1. The Bertz CT molecular complexity index is 586. The SMILES string of the molecule is CC.CCCCCCCC(=O)N1CCC(c2cccc(C(=O)C(C)C)c2)CC1. The van der Waals surface area contributed by atoms with E-state index in [0.29, 0.717) is 18.2 Å². The highest BCUT2D eigenvalue weighted by Crippen LogP contribution is 2.29. The number of ketones is 1. The highest BCUT2D eigenvalue weighted by atomic mass is 16.2. The van der Waals surface area contributed by atoms with Gasteiger partial charge in [0.05, 0.1) is 0 Å². The number of rotatable bonds is 9. The molecule has 0 N–H and O–H groups in total. The molecule has 0 aromatic heterocycles. The lowest BCUT2D eigenvalue weighted by Crippen LogP contribution is -2.37. The molecule has 0 unspecified atom stereocenters. The maximum Gasteiger partial charge on any atom is 0.222 e. The fourth-order valence-corrected chi connectivity index (χ4v) is 3.78. The minimum absolute atomic E-state index is 0.0297. The first-order valence-electron chi connectivity index (χ1n) is 11.4. The predicted octanol–water partition coefficient (Wildman–Crippen LogP) is 6.62. The molecule has 158 valence electrons. The topological polar surface area (TPSA) is 37.4 Å². The van der Waals surface area contributed by atoms with Gasteiger partial charge in [-0.3, -0.25) is 9.59 Å². The van der Waals surface area contributed by atoms with Crippen molar-refractivity contribution in [2.45, 2.75) is 91.9 Å². The van der Waals surface area contributed by atoms with Crippen molar-refractivity contribution < 1.29 is 9.59 Å². The van der Waals surface area contributed by atoms with Crippen molar-refractivity contribution in [3.63, 3.8) is 0 Å². The molecule has 1 aromatic carbocycles. The maximum atomic E-state index is 12.4. The summed E-state index contributed by atoms with van der Waals surface area (Å²) in [5, 5.41) is 0. The number of hydrogen-bond donors (Lipinski definition) is 0. The minimum atomic E-state index is 0.0297. The molecule has 3 heteroatoms. The van der Waals surface area contributed by atoms with E-state index in [1.165, 1.54) is 31.2 Å². The summed E-state index contributed by atoms with van der Waals surface area (Å²) in [7, 11) is 0. The van der Waals surface area contributed by atoms with Gasteiger partial charge in [0.15, 0.2) is 5.78 Å². The quantitative estimate of drug-likeness (QED) is 0.353. The second kappa shape index (κ2) is 13.5. The molecule has 1 aliphatic rings. The van der Waals surface area contributed by atoms with E-state index in [-0.39, 0.29) is 11.7 Å². The summed E-state index contributed by atoms with van der Waals surface area (Å²) in [6.07, 6.45) is 8.67. The molecule has 0 aliphatic carbocycles. The third-order valence-electron chi connectivity index (χ3n) is 5.51. The Balaban J connectivity index is 0.00000190. The molecule has 1 amide bonds. The van der Waals surface area contributed by atoms with Crippen molar-refractivity contribution in [1.82, 2.24) is 4.90 Å². The van der Waals surface area contributed by atoms with Gasteiger partial charge in [-0.15, -0.1) is 0 Å². The summed E-state index contributed by atoms with van der Waals surface area (Å²) >= 11 is 0. The van der Waals surface area contributed by atoms with E-state index in [1.807, 2.05) is 44.7 Å². The normalized spacial score (nSPS) is 14.6. The molecule has 0 saturated carbocycles. The van der Waals surface area contributed by atoms with Gasteiger partial charge in [0.2, 0.25) is 5.91 Å². The molecule has 1 saturated heterocycles. The van der Waals surface area contributed by atoms with Gasteiger partial charge in [0.1, 0.15) is 0 Å². The molecule has 1 heterocycles. The second-order valence-electron chi connectivity index (χ2n) is 7.96. The van der Waals surface area contributed by atoms with E-state index in [2.05, 4.69) is 19.1 Å². The van der Waals surface area contributed by atoms with Crippen LogP contribution in [0.5, 0.6) is 0 Å². The van der Waals surface area contributed by atoms with Crippen molar-refractivity contribution in [2.24, 2.45) is 5.92 Å². The van der Waals surface area contributed by atoms with Crippen molar-refractivity contribution in [3.05, 3.63) is 35.4 Å². The van der Waals surface area contributed by atoms with Crippen molar-refractivity contribution >= 4 is 11.7 Å². The lowest BCUT2D eigenvalue weighted by atomic mass is 9.87. The molecule has 1 aromatic rings. The summed E-state index contributed by atoms with van der Waals surface area (Å²) in [5.74, 6) is 1.02. The standard InChI is InChI=1S/C23H35NO2.C2H6/c1-4-5-6-7-8-12-22(25)24-15-13-19(14-16-24)20-10-9-11-21(17-20)23(26)18(2)3;1-2/h9-11,17-19H,4-8,12-16H2,1-3H3;1-2H3. The Morgan fingerprint density at radius 2 is 1.68 bits per heavy atom. The van der Waals surface area contributed by atoms with Crippen LogP contribution in [-0.2, 0) is 4.79 Å². The fraction of sp³-hybridized carbons (Fsp3) is 0.680. The molecule has 2 rings (SSSR count). The molecule has 28 heavy (non-hydrogen) atoms. The molecule has 1 fully saturated rings. The van der Waals surface area contributed by atoms with E-state index in [0.717, 1.165) is 37.9 Å². The molecule has 1 aliphatic heterocycles. The number of hydrogen-bond acceptors (Lipinski definition) is 2. The van der Waals surface area contributed by atoms with Gasteiger partial charge in [-0.1, -0.05) is 78.5 Å². The largest absolute Gasteiger partial charge is 0.343 e. The first-order chi connectivity index (χ1) is 13.5. The number of unbranched alkanes of at least 4 members (excludes halogenated alkanes) is 4. The van der Waals surface area contributed by atoms with Gasteiger partial charge in [-0.2, -0.15) is 0 Å². The number of nitrogens with zero attached hydrogens (tertiary/aromatic N) is 1. The first-order valence-corrected chi connectivity index (χ1v) is 11.4. The Morgan fingerprint density at radius 1 is 1.04 bits per heavy atom. The van der Waals surface area contributed by atoms with Crippen LogP contribution in [0.4, 0.5) is 0 Å². The van der Waals surface area contributed by atoms with E-state index >= 15 is 0 Å². The molecular weight excluding hydrogens is 346 g/mol. The Kier molecular flexibility index (Phi) is 11.8. The van der Waals surface area contributed by atoms with Gasteiger partial charge < -0.3 is 4.90 Å². The van der Waals surface area contributed by atoms with E-state index in [1.54, 1.807) is 0 Å². The predicted molar refractivity (Wildman–Crippen MR) is 119 cm³/mol. The molecule has 0 bridgehead atoms. The summed E-state index contributed by atoms with van der Waals surface area (Å²) in [4.78, 5) is 26.6. The fourth-order valence-electron chi connectivity index (χ4n) is 3.78. The monoisotopic (exact) mass is 387 g/mol. The van der Waals surface area contributed by atoms with Crippen LogP contribution in [0.3, 0.4) is 0 Å². The van der Waals surface area contributed by atoms with Gasteiger partial charge in [0.25, 0.3) is 0 Å². The van der Waals surface area contributed by atoms with Gasteiger partial charge >= 0.3 is 0 Å². The molecule has 3 nitrogen and oxygen atoms in total. The third kappa shape index (κ3) is 7.77. The Morgan fingerprint density at radius 3 is 2.29 bits per heavy atom. The van der Waals surface area contributed by atoms with E-state index in [9.17, 15) is 9.59 Å². The first kappa shape index (κ1) is 24.4. The maximum absolute atomic E-state index is 12.4. The average Bonchev–Trinajstić information content (AvgIpc) is 2.74. The second-order valence-corrected chi connectivity index (χ2v) is 7.96. The van der Waals surface area contributed by atoms with Crippen LogP contribution in [0.2, 0.25) is 0 Å². The number of piperidine rings is 1. The van der Waals surface area contributed by atoms with Gasteiger partial charge in [0, 0.05) is 31.0 Å². The van der Waals surface area contributed by atoms with Crippen LogP contribution in [0, 0.1) is 5.92 Å². The van der Waals surface area contributed by atoms with Crippen LogP contribution >= 0.6 is 0 Å². The summed E-state index contributed by atoms with van der Waals surface area (Å²) in [6.45, 7) is 11.8. The number of benzene rings is 1. The molecule has 0 radical (unpaired) electrons. The zero-order chi connectivity index (χ0) is 20.9. The zero-order valence-corrected chi connectivity index (χ0v) is 18.8. The number of carbonyl (C=O) groups excluding carboxylic acids is 2. The average molecular weight is 388 g/mol. The number of carbonyl (C=O) groups is 2. The smallest absolute Gasteiger partial charge is 0.222 e. The van der Waals surface area contributed by atoms with E-state index in [4.69, 9.17) is 0 Å². The summed E-state index contributed by atoms with van der Waals surface area (Å²) in [5.41, 5.74) is 2.08. The third-order valence-corrected chi connectivity index (χ3v) is 5.51. The molecule has 0 spiro atoms.